The quantitative estimate of drug-likeness (QED) is 0.533. The highest BCUT2D eigenvalue weighted by Gasteiger charge is 2.40. The number of nitrogens with zero attached hydrogens (tertiary/aromatic N) is 1. The molecule has 7 nitrogen and oxygen atoms in total. The van der Waals surface area contributed by atoms with Gasteiger partial charge in [-0.1, -0.05) is 12.1 Å². The van der Waals surface area contributed by atoms with Crippen LogP contribution in [0.2, 0.25) is 0 Å². The molecule has 26 heavy (non-hydrogen) atoms. The number of allylic oxidation sites excluding steroid dienone is 1. The highest BCUT2D eigenvalue weighted by atomic mass is 16.5. The van der Waals surface area contributed by atoms with Crippen LogP contribution in [0.25, 0.3) is 16.6 Å². The van der Waals surface area contributed by atoms with Crippen LogP contribution in [-0.2, 0) is 4.74 Å². The number of benzene rings is 1. The molecule has 2 fully saturated rings. The third-order valence-corrected chi connectivity index (χ3v) is 4.87. The minimum absolute atomic E-state index is 0.296. The van der Waals surface area contributed by atoms with Crippen molar-refractivity contribution in [1.29, 1.82) is 5.41 Å². The van der Waals surface area contributed by atoms with Crippen molar-refractivity contribution in [1.82, 2.24) is 4.98 Å². The Bertz CT molecular complexity index is 834. The average Bonchev–Trinajstić information content (AvgIpc) is 3.26. The van der Waals surface area contributed by atoms with Gasteiger partial charge in [0.05, 0.1) is 23.8 Å². The Labute approximate surface area is 153 Å². The Balaban J connectivity index is 0.000000948. The lowest BCUT2D eigenvalue weighted by Gasteiger charge is -2.22. The summed E-state index contributed by atoms with van der Waals surface area (Å²) in [5.41, 5.74) is 19.6. The number of anilines is 2. The topological polar surface area (TPSA) is 136 Å². The number of ether oxygens (including phenoxy) is 1. The SMILES string of the molecule is CN.N=C/C=C(\N)c1ccc2c(NC3CC4CCC3O4)cc(N)nc2c1. The summed E-state index contributed by atoms with van der Waals surface area (Å²) in [5, 5.41) is 11.8. The van der Waals surface area contributed by atoms with E-state index in [1.807, 2.05) is 24.3 Å². The smallest absolute Gasteiger partial charge is 0.126 e. The zero-order valence-electron chi connectivity index (χ0n) is 14.9. The molecule has 0 saturated carbocycles. The van der Waals surface area contributed by atoms with Gasteiger partial charge in [0.15, 0.2) is 0 Å². The number of nitrogen functional groups attached to an aromatic ring is 1. The summed E-state index contributed by atoms with van der Waals surface area (Å²) < 4.78 is 5.92. The van der Waals surface area contributed by atoms with Gasteiger partial charge in [-0.25, -0.2) is 4.98 Å². The van der Waals surface area contributed by atoms with E-state index >= 15 is 0 Å². The van der Waals surface area contributed by atoms with Gasteiger partial charge in [-0.05, 0) is 44.0 Å². The van der Waals surface area contributed by atoms with Gasteiger partial charge < -0.3 is 32.7 Å². The first kappa shape index (κ1) is 18.2. The van der Waals surface area contributed by atoms with Gasteiger partial charge in [-0.2, -0.15) is 0 Å². The van der Waals surface area contributed by atoms with Gasteiger partial charge in [0.2, 0.25) is 0 Å². The Morgan fingerprint density at radius 1 is 1.31 bits per heavy atom. The van der Waals surface area contributed by atoms with E-state index in [-0.39, 0.29) is 0 Å². The molecule has 3 unspecified atom stereocenters. The van der Waals surface area contributed by atoms with E-state index in [0.717, 1.165) is 35.0 Å². The van der Waals surface area contributed by atoms with Crippen LogP contribution in [0.3, 0.4) is 0 Å². The third-order valence-electron chi connectivity index (χ3n) is 4.87. The second-order valence-corrected chi connectivity index (χ2v) is 6.48. The summed E-state index contributed by atoms with van der Waals surface area (Å²) in [5.74, 6) is 0.473. The minimum atomic E-state index is 0.296. The molecule has 2 bridgehead atoms. The number of nitrogens with two attached hydrogens (primary N) is 3. The van der Waals surface area contributed by atoms with Crippen molar-refractivity contribution >= 4 is 34.3 Å². The van der Waals surface area contributed by atoms with Gasteiger partial charge in [0.1, 0.15) is 5.82 Å². The second kappa shape index (κ2) is 7.72. The van der Waals surface area contributed by atoms with Crippen molar-refractivity contribution in [2.24, 2.45) is 11.5 Å². The number of rotatable bonds is 4. The van der Waals surface area contributed by atoms with E-state index in [1.165, 1.54) is 19.7 Å². The summed E-state index contributed by atoms with van der Waals surface area (Å²) in [4.78, 5) is 4.43. The van der Waals surface area contributed by atoms with Crippen LogP contribution in [0.4, 0.5) is 11.5 Å². The number of pyridine rings is 1. The Hall–Kier alpha value is -2.64. The lowest BCUT2D eigenvalue weighted by molar-refractivity contribution is 0.102. The molecular formula is C19H26N6O. The zero-order valence-corrected chi connectivity index (χ0v) is 14.9. The molecule has 2 aliphatic rings. The lowest BCUT2D eigenvalue weighted by Crippen LogP contribution is -2.30. The molecule has 8 N–H and O–H groups in total. The molecule has 3 heterocycles. The van der Waals surface area contributed by atoms with E-state index in [4.69, 9.17) is 21.6 Å². The standard InChI is InChI=1S/C18H21N5O.CH5N/c19-6-5-13(20)10-1-3-12-14(7-10)23-18(21)9-15(12)22-16-8-11-2-4-17(16)24-11;1-2/h1,3,5-7,9,11,16-17,19H,2,4,8,20H2,(H3,21,22,23);2H2,1H3/b13-5-,19-6?;. The molecule has 0 spiro atoms. The summed E-state index contributed by atoms with van der Waals surface area (Å²) >= 11 is 0. The molecule has 4 rings (SSSR count). The average molecular weight is 354 g/mol. The first-order valence-electron chi connectivity index (χ1n) is 8.80. The van der Waals surface area contributed by atoms with E-state index in [1.54, 1.807) is 6.08 Å². The van der Waals surface area contributed by atoms with Crippen LogP contribution in [0, 0.1) is 5.41 Å². The van der Waals surface area contributed by atoms with Crippen molar-refractivity contribution in [2.45, 2.75) is 37.5 Å². The molecule has 0 amide bonds. The first-order chi connectivity index (χ1) is 12.6. The van der Waals surface area contributed by atoms with Crippen LogP contribution < -0.4 is 22.5 Å². The molecular weight excluding hydrogens is 328 g/mol. The fourth-order valence-electron chi connectivity index (χ4n) is 3.72. The summed E-state index contributed by atoms with van der Waals surface area (Å²) in [7, 11) is 1.50. The minimum Gasteiger partial charge on any atom is -0.398 e. The maximum absolute atomic E-state index is 7.14. The number of fused-ring (bicyclic) bond motifs is 3. The zero-order chi connectivity index (χ0) is 18.7. The predicted octanol–water partition coefficient (Wildman–Crippen LogP) is 2.07. The molecule has 2 aliphatic heterocycles. The van der Waals surface area contributed by atoms with E-state index < -0.39 is 0 Å². The number of nitrogens with one attached hydrogen (secondary N) is 2. The van der Waals surface area contributed by atoms with E-state index in [2.05, 4.69) is 16.0 Å². The van der Waals surface area contributed by atoms with Gasteiger partial charge in [-0.15, -0.1) is 0 Å². The van der Waals surface area contributed by atoms with Crippen molar-refractivity contribution in [2.75, 3.05) is 18.1 Å². The van der Waals surface area contributed by atoms with Crippen molar-refractivity contribution in [3.8, 4) is 0 Å². The highest BCUT2D eigenvalue weighted by Crippen LogP contribution is 2.37. The van der Waals surface area contributed by atoms with Crippen molar-refractivity contribution < 1.29 is 4.74 Å². The molecule has 0 radical (unpaired) electrons. The number of hydrogen-bond acceptors (Lipinski definition) is 7. The third kappa shape index (κ3) is 3.49. The van der Waals surface area contributed by atoms with Crippen molar-refractivity contribution in [3.63, 3.8) is 0 Å². The maximum atomic E-state index is 7.14. The monoisotopic (exact) mass is 354 g/mol. The van der Waals surface area contributed by atoms with Crippen LogP contribution >= 0.6 is 0 Å². The molecule has 0 aliphatic carbocycles. The fourth-order valence-corrected chi connectivity index (χ4v) is 3.72. The van der Waals surface area contributed by atoms with Gasteiger partial charge in [-0.3, -0.25) is 0 Å². The van der Waals surface area contributed by atoms with Crippen molar-refractivity contribution in [3.05, 3.63) is 35.9 Å². The van der Waals surface area contributed by atoms with E-state index in [0.29, 0.717) is 29.8 Å². The molecule has 2 saturated heterocycles. The largest absolute Gasteiger partial charge is 0.398 e. The molecule has 1 aromatic carbocycles. The Morgan fingerprint density at radius 2 is 2.12 bits per heavy atom. The van der Waals surface area contributed by atoms with Crippen LogP contribution in [-0.4, -0.2) is 36.5 Å². The Morgan fingerprint density at radius 3 is 2.77 bits per heavy atom. The summed E-state index contributed by atoms with van der Waals surface area (Å²) in [6.45, 7) is 0. The molecule has 1 aromatic heterocycles. The maximum Gasteiger partial charge on any atom is 0.126 e. The second-order valence-electron chi connectivity index (χ2n) is 6.48. The van der Waals surface area contributed by atoms with Gasteiger partial charge in [0, 0.05) is 29.1 Å². The Kier molecular flexibility index (Phi) is 5.39. The number of hydrogen-bond donors (Lipinski definition) is 5. The molecule has 3 atom stereocenters. The van der Waals surface area contributed by atoms with Crippen LogP contribution in [0.1, 0.15) is 24.8 Å². The molecule has 7 heteroatoms. The summed E-state index contributed by atoms with van der Waals surface area (Å²) in [6, 6.07) is 8.06. The normalized spacial score (nSPS) is 24.2. The summed E-state index contributed by atoms with van der Waals surface area (Å²) in [6.07, 6.45) is 6.76. The van der Waals surface area contributed by atoms with E-state index in [9.17, 15) is 0 Å². The first-order valence-corrected chi connectivity index (χ1v) is 8.80. The molecule has 138 valence electrons. The van der Waals surface area contributed by atoms with Crippen LogP contribution in [0.5, 0.6) is 0 Å². The fraction of sp³-hybridized carbons (Fsp3) is 0.368. The van der Waals surface area contributed by atoms with Crippen LogP contribution in [0.15, 0.2) is 30.3 Å². The van der Waals surface area contributed by atoms with Gasteiger partial charge >= 0.3 is 0 Å². The lowest BCUT2D eigenvalue weighted by atomic mass is 9.95. The predicted molar refractivity (Wildman–Crippen MR) is 107 cm³/mol. The number of aromatic nitrogens is 1. The van der Waals surface area contributed by atoms with Gasteiger partial charge in [0.25, 0.3) is 0 Å². The highest BCUT2D eigenvalue weighted by molar-refractivity contribution is 5.95. The molecule has 2 aromatic rings.